The predicted octanol–water partition coefficient (Wildman–Crippen LogP) is 0.658. The smallest absolute Gasteiger partial charge is 0.262 e. The predicted molar refractivity (Wildman–Crippen MR) is 84.7 cm³/mol. The van der Waals surface area contributed by atoms with Crippen molar-refractivity contribution in [2.45, 2.75) is 33.2 Å². The highest BCUT2D eigenvalue weighted by Gasteiger charge is 2.14. The molecule has 2 aromatic rings. The minimum atomic E-state index is -0.218. The van der Waals surface area contributed by atoms with Crippen LogP contribution in [0.25, 0.3) is 10.2 Å². The van der Waals surface area contributed by atoms with E-state index in [-0.39, 0.29) is 18.0 Å². The normalized spacial score (nSPS) is 11.0. The number of carbonyl (C=O) groups is 1. The molecule has 2 aromatic heterocycles. The molecular weight excluding hydrogens is 288 g/mol. The monoisotopic (exact) mass is 308 g/mol. The Balaban J connectivity index is 2.43. The molecule has 0 atom stereocenters. The number of thiophene rings is 1. The van der Waals surface area contributed by atoms with Crippen LogP contribution in [0.15, 0.2) is 10.9 Å². The standard InChI is InChI=1S/C14H20N4O2S/c1-3-9-7-10-13(21-9)17-11(4-2)18(14(10)20)8-12(19)16-6-5-15/h7H,3-6,8,15H2,1-2H3,(H,16,19). The average molecular weight is 308 g/mol. The van der Waals surface area contributed by atoms with Gasteiger partial charge in [-0.15, -0.1) is 11.3 Å². The highest BCUT2D eigenvalue weighted by molar-refractivity contribution is 7.18. The molecule has 2 rings (SSSR count). The van der Waals surface area contributed by atoms with Gasteiger partial charge in [0, 0.05) is 24.4 Å². The van der Waals surface area contributed by atoms with Crippen LogP contribution in [0.4, 0.5) is 0 Å². The number of carbonyl (C=O) groups excluding carboxylic acids is 1. The van der Waals surface area contributed by atoms with Crippen LogP contribution in [0, 0.1) is 0 Å². The van der Waals surface area contributed by atoms with Gasteiger partial charge < -0.3 is 11.1 Å². The molecule has 0 aliphatic heterocycles. The Bertz CT molecular complexity index is 705. The molecule has 0 aliphatic carbocycles. The molecule has 0 aromatic carbocycles. The summed E-state index contributed by atoms with van der Waals surface area (Å²) in [4.78, 5) is 30.8. The summed E-state index contributed by atoms with van der Waals surface area (Å²) < 4.78 is 1.46. The van der Waals surface area contributed by atoms with Gasteiger partial charge in [-0.3, -0.25) is 14.2 Å². The second-order valence-electron chi connectivity index (χ2n) is 4.70. The van der Waals surface area contributed by atoms with Gasteiger partial charge in [0.2, 0.25) is 5.91 Å². The van der Waals surface area contributed by atoms with Crippen molar-refractivity contribution in [1.82, 2.24) is 14.9 Å². The molecular formula is C14H20N4O2S. The first kappa shape index (κ1) is 15.7. The molecule has 114 valence electrons. The van der Waals surface area contributed by atoms with E-state index in [0.717, 1.165) is 16.1 Å². The maximum absolute atomic E-state index is 12.6. The molecule has 0 saturated heterocycles. The maximum Gasteiger partial charge on any atom is 0.262 e. The Labute approximate surface area is 127 Å². The zero-order chi connectivity index (χ0) is 15.4. The molecule has 21 heavy (non-hydrogen) atoms. The molecule has 0 saturated carbocycles. The van der Waals surface area contributed by atoms with Crippen LogP contribution in [-0.4, -0.2) is 28.5 Å². The topological polar surface area (TPSA) is 90.0 Å². The van der Waals surface area contributed by atoms with Crippen molar-refractivity contribution in [2.24, 2.45) is 5.73 Å². The number of hydrogen-bond donors (Lipinski definition) is 2. The number of amides is 1. The molecule has 1 amide bonds. The molecule has 6 nitrogen and oxygen atoms in total. The van der Waals surface area contributed by atoms with Gasteiger partial charge >= 0.3 is 0 Å². The number of nitrogens with one attached hydrogen (secondary N) is 1. The summed E-state index contributed by atoms with van der Waals surface area (Å²) in [6.45, 7) is 4.74. The summed E-state index contributed by atoms with van der Waals surface area (Å²) in [6.07, 6.45) is 1.48. The van der Waals surface area contributed by atoms with Gasteiger partial charge in [-0.25, -0.2) is 4.98 Å². The molecule has 2 heterocycles. The molecule has 0 spiro atoms. The summed E-state index contributed by atoms with van der Waals surface area (Å²) >= 11 is 1.54. The fourth-order valence-electron chi connectivity index (χ4n) is 2.13. The number of aromatic nitrogens is 2. The van der Waals surface area contributed by atoms with E-state index < -0.39 is 0 Å². The van der Waals surface area contributed by atoms with Gasteiger partial charge in [0.15, 0.2) is 0 Å². The Hall–Kier alpha value is -1.73. The fourth-order valence-corrected chi connectivity index (χ4v) is 3.10. The lowest BCUT2D eigenvalue weighted by Gasteiger charge is -2.11. The highest BCUT2D eigenvalue weighted by atomic mass is 32.1. The molecule has 0 fully saturated rings. The van der Waals surface area contributed by atoms with Gasteiger partial charge in [0.25, 0.3) is 5.56 Å². The Morgan fingerprint density at radius 2 is 2.19 bits per heavy atom. The van der Waals surface area contributed by atoms with Crippen LogP contribution in [0.5, 0.6) is 0 Å². The third-order valence-electron chi connectivity index (χ3n) is 3.21. The van der Waals surface area contributed by atoms with E-state index in [1.54, 1.807) is 11.3 Å². The SMILES string of the molecule is CCc1cc2c(=O)n(CC(=O)NCCN)c(CC)nc2s1. The lowest BCUT2D eigenvalue weighted by atomic mass is 10.3. The van der Waals surface area contributed by atoms with E-state index in [2.05, 4.69) is 10.3 Å². The van der Waals surface area contributed by atoms with E-state index in [1.807, 2.05) is 19.9 Å². The van der Waals surface area contributed by atoms with Gasteiger partial charge in [-0.2, -0.15) is 0 Å². The van der Waals surface area contributed by atoms with E-state index in [0.29, 0.717) is 30.7 Å². The summed E-state index contributed by atoms with van der Waals surface area (Å²) in [7, 11) is 0. The van der Waals surface area contributed by atoms with Crippen molar-refractivity contribution in [3.8, 4) is 0 Å². The molecule has 0 radical (unpaired) electrons. The second kappa shape index (κ2) is 6.82. The summed E-state index contributed by atoms with van der Waals surface area (Å²) in [5, 5.41) is 3.27. The van der Waals surface area contributed by atoms with Crippen molar-refractivity contribution in [2.75, 3.05) is 13.1 Å². The van der Waals surface area contributed by atoms with Crippen LogP contribution in [0.1, 0.15) is 24.5 Å². The third-order valence-corrected chi connectivity index (χ3v) is 4.39. The highest BCUT2D eigenvalue weighted by Crippen LogP contribution is 2.22. The van der Waals surface area contributed by atoms with Gasteiger partial charge in [-0.05, 0) is 12.5 Å². The Morgan fingerprint density at radius 1 is 1.43 bits per heavy atom. The van der Waals surface area contributed by atoms with Crippen LogP contribution in [0.3, 0.4) is 0 Å². The summed E-state index contributed by atoms with van der Waals surface area (Å²) in [6, 6.07) is 1.88. The zero-order valence-corrected chi connectivity index (χ0v) is 13.1. The second-order valence-corrected chi connectivity index (χ2v) is 5.81. The van der Waals surface area contributed by atoms with Crippen molar-refractivity contribution in [1.29, 1.82) is 0 Å². The number of nitrogens with zero attached hydrogens (tertiary/aromatic N) is 2. The Kier molecular flexibility index (Phi) is 5.08. The Morgan fingerprint density at radius 3 is 2.81 bits per heavy atom. The number of fused-ring (bicyclic) bond motifs is 1. The minimum Gasteiger partial charge on any atom is -0.353 e. The number of hydrogen-bond acceptors (Lipinski definition) is 5. The molecule has 0 unspecified atom stereocenters. The first-order valence-electron chi connectivity index (χ1n) is 7.09. The van der Waals surface area contributed by atoms with Crippen molar-refractivity contribution >= 4 is 27.5 Å². The van der Waals surface area contributed by atoms with E-state index in [1.165, 1.54) is 4.57 Å². The zero-order valence-electron chi connectivity index (χ0n) is 12.3. The number of aryl methyl sites for hydroxylation is 2. The quantitative estimate of drug-likeness (QED) is 0.820. The van der Waals surface area contributed by atoms with Gasteiger partial charge in [0.1, 0.15) is 17.2 Å². The molecule has 0 aliphatic rings. The van der Waals surface area contributed by atoms with Crippen LogP contribution in [0.2, 0.25) is 0 Å². The van der Waals surface area contributed by atoms with Gasteiger partial charge in [-0.1, -0.05) is 13.8 Å². The van der Waals surface area contributed by atoms with Gasteiger partial charge in [0.05, 0.1) is 5.39 Å². The summed E-state index contributed by atoms with van der Waals surface area (Å²) in [5.41, 5.74) is 5.21. The van der Waals surface area contributed by atoms with Crippen molar-refractivity contribution in [3.05, 3.63) is 27.1 Å². The minimum absolute atomic E-state index is 0.0117. The molecule has 0 bridgehead atoms. The van der Waals surface area contributed by atoms with E-state index in [4.69, 9.17) is 5.73 Å². The van der Waals surface area contributed by atoms with Crippen LogP contribution >= 0.6 is 11.3 Å². The third kappa shape index (κ3) is 3.30. The number of rotatable bonds is 6. The molecule has 7 heteroatoms. The van der Waals surface area contributed by atoms with Crippen molar-refractivity contribution in [3.63, 3.8) is 0 Å². The van der Waals surface area contributed by atoms with Crippen LogP contribution in [-0.2, 0) is 24.2 Å². The van der Waals surface area contributed by atoms with E-state index >= 15 is 0 Å². The van der Waals surface area contributed by atoms with E-state index in [9.17, 15) is 9.59 Å². The maximum atomic E-state index is 12.6. The lowest BCUT2D eigenvalue weighted by molar-refractivity contribution is -0.121. The number of nitrogens with two attached hydrogens (primary N) is 1. The molecule has 3 N–H and O–H groups in total. The van der Waals surface area contributed by atoms with Crippen molar-refractivity contribution < 1.29 is 4.79 Å². The first-order chi connectivity index (χ1) is 10.1. The largest absolute Gasteiger partial charge is 0.353 e. The lowest BCUT2D eigenvalue weighted by Crippen LogP contribution is -2.36. The van der Waals surface area contributed by atoms with Crippen LogP contribution < -0.4 is 16.6 Å². The fraction of sp³-hybridized carbons (Fsp3) is 0.500. The average Bonchev–Trinajstić information content (AvgIpc) is 2.91. The first-order valence-corrected chi connectivity index (χ1v) is 7.91. The summed E-state index contributed by atoms with van der Waals surface area (Å²) in [5.74, 6) is 0.421.